The number of halogens is 2. The number of urea groups is 1. The van der Waals surface area contributed by atoms with E-state index in [-0.39, 0.29) is 29.6 Å². The zero-order chi connectivity index (χ0) is 18.8. The normalized spacial score (nSPS) is 26.0. The number of rotatable bonds is 3. The van der Waals surface area contributed by atoms with Crippen LogP contribution >= 0.6 is 11.6 Å². The van der Waals surface area contributed by atoms with E-state index in [1.165, 1.54) is 12.1 Å². The highest BCUT2D eigenvalue weighted by molar-refractivity contribution is 6.30. The first kappa shape index (κ1) is 18.8. The molecule has 26 heavy (non-hydrogen) atoms. The van der Waals surface area contributed by atoms with Crippen LogP contribution in [0.3, 0.4) is 0 Å². The monoisotopic (exact) mass is 383 g/mol. The zero-order valence-corrected chi connectivity index (χ0v) is 15.4. The number of carbonyl (C=O) groups excluding carboxylic acids is 1. The zero-order valence-electron chi connectivity index (χ0n) is 14.6. The van der Waals surface area contributed by atoms with Crippen molar-refractivity contribution in [1.82, 2.24) is 10.2 Å². The number of carboxylic acid groups (broad SMARTS) is 1. The third kappa shape index (κ3) is 4.20. The number of nitrogens with zero attached hydrogens (tertiary/aromatic N) is 2. The Labute approximate surface area is 156 Å². The summed E-state index contributed by atoms with van der Waals surface area (Å²) >= 11 is 5.72. The lowest BCUT2D eigenvalue weighted by Gasteiger charge is -2.35. The molecule has 3 atom stereocenters. The third-order valence-corrected chi connectivity index (χ3v) is 5.39. The SMILES string of the molecule is CC1CC(C(=O)O)CN(C(=O)NC2CCN(c3ccc(Cl)c(F)c3)C2)C1. The maximum absolute atomic E-state index is 13.6. The van der Waals surface area contributed by atoms with Crippen molar-refractivity contribution in [2.24, 2.45) is 11.8 Å². The van der Waals surface area contributed by atoms with Crippen molar-refractivity contribution in [3.63, 3.8) is 0 Å². The number of anilines is 1. The van der Waals surface area contributed by atoms with Crippen molar-refractivity contribution >= 4 is 29.3 Å². The average Bonchev–Trinajstić information content (AvgIpc) is 3.05. The van der Waals surface area contributed by atoms with Crippen LogP contribution in [0, 0.1) is 17.7 Å². The van der Waals surface area contributed by atoms with Gasteiger partial charge in [0.1, 0.15) is 5.82 Å². The van der Waals surface area contributed by atoms with Gasteiger partial charge in [-0.05, 0) is 37.0 Å². The second-order valence-corrected chi connectivity index (χ2v) is 7.67. The Hall–Kier alpha value is -2.02. The molecule has 142 valence electrons. The quantitative estimate of drug-likeness (QED) is 0.841. The maximum Gasteiger partial charge on any atom is 0.317 e. The van der Waals surface area contributed by atoms with Crippen LogP contribution in [0.4, 0.5) is 14.9 Å². The minimum Gasteiger partial charge on any atom is -0.481 e. The molecule has 2 amide bonds. The summed E-state index contributed by atoms with van der Waals surface area (Å²) in [5.74, 6) is -1.67. The molecule has 3 unspecified atom stereocenters. The van der Waals surface area contributed by atoms with Gasteiger partial charge >= 0.3 is 12.0 Å². The Morgan fingerprint density at radius 3 is 2.77 bits per heavy atom. The molecule has 2 N–H and O–H groups in total. The summed E-state index contributed by atoms with van der Waals surface area (Å²) in [5.41, 5.74) is 0.737. The highest BCUT2D eigenvalue weighted by Crippen LogP contribution is 2.26. The lowest BCUT2D eigenvalue weighted by atomic mass is 9.91. The van der Waals surface area contributed by atoms with Gasteiger partial charge in [0.2, 0.25) is 0 Å². The van der Waals surface area contributed by atoms with Gasteiger partial charge in [-0.25, -0.2) is 9.18 Å². The molecule has 0 saturated carbocycles. The molecule has 1 aromatic carbocycles. The van der Waals surface area contributed by atoms with Crippen LogP contribution in [0.5, 0.6) is 0 Å². The Morgan fingerprint density at radius 2 is 2.08 bits per heavy atom. The molecule has 0 radical (unpaired) electrons. The molecule has 2 aliphatic rings. The number of aliphatic carboxylic acids is 1. The summed E-state index contributed by atoms with van der Waals surface area (Å²) in [6.07, 6.45) is 1.35. The second kappa shape index (κ2) is 7.70. The summed E-state index contributed by atoms with van der Waals surface area (Å²) in [5, 5.41) is 12.3. The fourth-order valence-corrected chi connectivity index (χ4v) is 3.87. The number of hydrogen-bond acceptors (Lipinski definition) is 3. The molecular formula is C18H23ClFN3O3. The summed E-state index contributed by atoms with van der Waals surface area (Å²) in [4.78, 5) is 27.4. The van der Waals surface area contributed by atoms with E-state index in [1.54, 1.807) is 11.0 Å². The number of benzene rings is 1. The molecule has 8 heteroatoms. The van der Waals surface area contributed by atoms with Crippen LogP contribution in [0.15, 0.2) is 18.2 Å². The van der Waals surface area contributed by atoms with E-state index in [2.05, 4.69) is 5.32 Å². The molecule has 2 heterocycles. The van der Waals surface area contributed by atoms with Gasteiger partial charge in [-0.15, -0.1) is 0 Å². The fourth-order valence-electron chi connectivity index (χ4n) is 3.76. The molecule has 0 bridgehead atoms. The minimum atomic E-state index is -0.855. The summed E-state index contributed by atoms with van der Waals surface area (Å²) < 4.78 is 13.6. The molecule has 0 aromatic heterocycles. The lowest BCUT2D eigenvalue weighted by Crippen LogP contribution is -2.52. The molecule has 2 aliphatic heterocycles. The van der Waals surface area contributed by atoms with E-state index in [9.17, 15) is 19.1 Å². The van der Waals surface area contributed by atoms with Crippen LogP contribution in [0.2, 0.25) is 5.02 Å². The molecule has 0 spiro atoms. The Balaban J connectivity index is 1.57. The number of piperidine rings is 1. The van der Waals surface area contributed by atoms with Crippen molar-refractivity contribution in [1.29, 1.82) is 0 Å². The van der Waals surface area contributed by atoms with Crippen molar-refractivity contribution in [2.45, 2.75) is 25.8 Å². The Kier molecular flexibility index (Phi) is 5.55. The van der Waals surface area contributed by atoms with Crippen LogP contribution in [-0.4, -0.2) is 54.2 Å². The average molecular weight is 384 g/mol. The van der Waals surface area contributed by atoms with Gasteiger partial charge in [-0.2, -0.15) is 0 Å². The van der Waals surface area contributed by atoms with Crippen LogP contribution in [0.1, 0.15) is 19.8 Å². The van der Waals surface area contributed by atoms with E-state index < -0.39 is 17.7 Å². The molecule has 2 saturated heterocycles. The van der Waals surface area contributed by atoms with Crippen molar-refractivity contribution < 1.29 is 19.1 Å². The van der Waals surface area contributed by atoms with E-state index in [4.69, 9.17) is 11.6 Å². The van der Waals surface area contributed by atoms with Gasteiger partial charge in [0.15, 0.2) is 0 Å². The fraction of sp³-hybridized carbons (Fsp3) is 0.556. The number of amides is 2. The smallest absolute Gasteiger partial charge is 0.317 e. The van der Waals surface area contributed by atoms with Crippen molar-refractivity contribution in [3.8, 4) is 0 Å². The largest absolute Gasteiger partial charge is 0.481 e. The molecule has 3 rings (SSSR count). The summed E-state index contributed by atoms with van der Waals surface area (Å²) in [7, 11) is 0. The van der Waals surface area contributed by atoms with Gasteiger partial charge in [0.05, 0.1) is 10.9 Å². The lowest BCUT2D eigenvalue weighted by molar-refractivity contribution is -0.143. The van der Waals surface area contributed by atoms with Crippen LogP contribution in [-0.2, 0) is 4.79 Å². The van der Waals surface area contributed by atoms with Crippen LogP contribution < -0.4 is 10.2 Å². The van der Waals surface area contributed by atoms with Crippen molar-refractivity contribution in [3.05, 3.63) is 29.0 Å². The minimum absolute atomic E-state index is 0.0539. The summed E-state index contributed by atoms with van der Waals surface area (Å²) in [6.45, 7) is 4.05. The number of hydrogen-bond donors (Lipinski definition) is 2. The standard InChI is InChI=1S/C18H23ClFN3O3/c1-11-6-12(17(24)25)9-23(8-11)18(26)21-13-4-5-22(10-13)14-2-3-15(19)16(20)7-14/h2-3,7,11-13H,4-6,8-10H2,1H3,(H,21,26)(H,24,25). The summed E-state index contributed by atoms with van der Waals surface area (Å²) in [6, 6.07) is 4.41. The van der Waals surface area contributed by atoms with Gasteiger partial charge in [-0.3, -0.25) is 4.79 Å². The highest BCUT2D eigenvalue weighted by atomic mass is 35.5. The third-order valence-electron chi connectivity index (χ3n) is 5.08. The van der Waals surface area contributed by atoms with Crippen LogP contribution in [0.25, 0.3) is 0 Å². The topological polar surface area (TPSA) is 72.9 Å². The first-order valence-electron chi connectivity index (χ1n) is 8.81. The van der Waals surface area contributed by atoms with E-state index in [0.717, 1.165) is 12.1 Å². The Morgan fingerprint density at radius 1 is 1.31 bits per heavy atom. The number of likely N-dealkylation sites (tertiary alicyclic amines) is 1. The Bertz CT molecular complexity index is 702. The molecule has 2 fully saturated rings. The molecule has 6 nitrogen and oxygen atoms in total. The number of carbonyl (C=O) groups is 2. The molecule has 1 aromatic rings. The maximum atomic E-state index is 13.6. The number of carboxylic acids is 1. The predicted octanol–water partition coefficient (Wildman–Crippen LogP) is 2.81. The first-order valence-corrected chi connectivity index (χ1v) is 9.19. The van der Waals surface area contributed by atoms with Gasteiger partial charge < -0.3 is 20.2 Å². The van der Waals surface area contributed by atoms with Gasteiger partial charge in [-0.1, -0.05) is 18.5 Å². The molecular weight excluding hydrogens is 361 g/mol. The van der Waals surface area contributed by atoms with E-state index in [1.807, 2.05) is 11.8 Å². The van der Waals surface area contributed by atoms with Crippen molar-refractivity contribution in [2.75, 3.05) is 31.1 Å². The predicted molar refractivity (Wildman–Crippen MR) is 97.0 cm³/mol. The first-order chi connectivity index (χ1) is 12.3. The highest BCUT2D eigenvalue weighted by Gasteiger charge is 2.33. The van der Waals surface area contributed by atoms with E-state index in [0.29, 0.717) is 26.1 Å². The van der Waals surface area contributed by atoms with Gasteiger partial charge in [0.25, 0.3) is 0 Å². The number of nitrogens with one attached hydrogen (secondary N) is 1. The van der Waals surface area contributed by atoms with E-state index >= 15 is 0 Å². The van der Waals surface area contributed by atoms with Gasteiger partial charge in [0, 0.05) is 37.9 Å². The molecule has 0 aliphatic carbocycles. The second-order valence-electron chi connectivity index (χ2n) is 7.26.